The van der Waals surface area contributed by atoms with Crippen LogP contribution in [-0.4, -0.2) is 42.6 Å². The number of hydrogen-bond donors (Lipinski definition) is 1. The number of fused-ring (bicyclic) bond motifs is 1. The molecular formula is C13H12ClN5O2. The number of nitrogens with zero attached hydrogens (tertiary/aromatic N) is 5. The van der Waals surface area contributed by atoms with Crippen LogP contribution in [0.2, 0.25) is 5.15 Å². The van der Waals surface area contributed by atoms with E-state index in [1.54, 1.807) is 25.4 Å². The summed E-state index contributed by atoms with van der Waals surface area (Å²) in [6.45, 7) is 2.16. The van der Waals surface area contributed by atoms with Crippen LogP contribution < -0.4 is 0 Å². The minimum Gasteiger partial charge on any atom is -0.465 e. The topological polar surface area (TPSA) is 92.1 Å². The number of hydrogen-bond acceptors (Lipinski definition) is 5. The van der Waals surface area contributed by atoms with Crippen LogP contribution in [0.25, 0.3) is 11.6 Å². The van der Waals surface area contributed by atoms with Gasteiger partial charge in [0.1, 0.15) is 5.15 Å². The summed E-state index contributed by atoms with van der Waals surface area (Å²) in [7, 11) is 0. The highest BCUT2D eigenvalue weighted by Crippen LogP contribution is 2.33. The lowest BCUT2D eigenvalue weighted by Gasteiger charge is -2.32. The van der Waals surface area contributed by atoms with Crippen molar-refractivity contribution < 1.29 is 9.90 Å². The van der Waals surface area contributed by atoms with E-state index < -0.39 is 6.09 Å². The highest BCUT2D eigenvalue weighted by atomic mass is 35.5. The summed E-state index contributed by atoms with van der Waals surface area (Å²) in [6, 6.07) is 1.33. The lowest BCUT2D eigenvalue weighted by Crippen LogP contribution is -2.38. The molecule has 3 rings (SSSR count). The van der Waals surface area contributed by atoms with Gasteiger partial charge in [-0.25, -0.2) is 24.7 Å². The second kappa shape index (κ2) is 5.25. The standard InChI is InChI=1S/C13H12ClN5O2/c1-7-9-8(3-6-19(7)13(20)21)17-12(18-10(9)14)11-15-4-2-5-16-11/h2,4-5,7H,3,6H2,1H3,(H,20,21). The zero-order chi connectivity index (χ0) is 15.0. The summed E-state index contributed by atoms with van der Waals surface area (Å²) in [5.41, 5.74) is 1.41. The molecular weight excluding hydrogens is 294 g/mol. The summed E-state index contributed by atoms with van der Waals surface area (Å²) >= 11 is 6.24. The van der Waals surface area contributed by atoms with E-state index in [2.05, 4.69) is 19.9 Å². The summed E-state index contributed by atoms with van der Waals surface area (Å²) in [4.78, 5) is 29.4. The Morgan fingerprint density at radius 2 is 2.05 bits per heavy atom. The SMILES string of the molecule is CC1c2c(Cl)nc(-c3ncccn3)nc2CCN1C(=O)O. The molecule has 1 aliphatic heterocycles. The first-order valence-electron chi connectivity index (χ1n) is 6.41. The molecule has 1 atom stereocenters. The average Bonchev–Trinajstić information content (AvgIpc) is 2.47. The molecule has 21 heavy (non-hydrogen) atoms. The van der Waals surface area contributed by atoms with Crippen molar-refractivity contribution in [3.05, 3.63) is 34.9 Å². The maximum absolute atomic E-state index is 11.2. The zero-order valence-electron chi connectivity index (χ0n) is 11.2. The van der Waals surface area contributed by atoms with Gasteiger partial charge < -0.3 is 10.0 Å². The maximum atomic E-state index is 11.2. The van der Waals surface area contributed by atoms with Gasteiger partial charge in [-0.2, -0.15) is 0 Å². The largest absolute Gasteiger partial charge is 0.465 e. The van der Waals surface area contributed by atoms with Crippen molar-refractivity contribution in [2.24, 2.45) is 0 Å². The Bertz CT molecular complexity index is 694. The monoisotopic (exact) mass is 305 g/mol. The van der Waals surface area contributed by atoms with E-state index in [1.807, 2.05) is 0 Å². The van der Waals surface area contributed by atoms with Crippen molar-refractivity contribution in [1.29, 1.82) is 0 Å². The lowest BCUT2D eigenvalue weighted by atomic mass is 10.00. The van der Waals surface area contributed by atoms with Crippen LogP contribution in [0.1, 0.15) is 24.2 Å². The summed E-state index contributed by atoms with van der Waals surface area (Å²) < 4.78 is 0. The van der Waals surface area contributed by atoms with Gasteiger partial charge in [0.25, 0.3) is 0 Å². The van der Waals surface area contributed by atoms with Gasteiger partial charge in [0.15, 0.2) is 11.6 Å². The third-order valence-corrected chi connectivity index (χ3v) is 3.75. The van der Waals surface area contributed by atoms with Crippen molar-refractivity contribution in [1.82, 2.24) is 24.8 Å². The number of halogens is 1. The van der Waals surface area contributed by atoms with Gasteiger partial charge in [-0.15, -0.1) is 0 Å². The fraction of sp³-hybridized carbons (Fsp3) is 0.308. The minimum absolute atomic E-state index is 0.251. The number of carboxylic acid groups (broad SMARTS) is 1. The van der Waals surface area contributed by atoms with Crippen LogP contribution in [0.5, 0.6) is 0 Å². The van der Waals surface area contributed by atoms with Gasteiger partial charge in [-0.05, 0) is 13.0 Å². The summed E-state index contributed by atoms with van der Waals surface area (Å²) in [6.07, 6.45) is 2.73. The van der Waals surface area contributed by atoms with Crippen LogP contribution >= 0.6 is 11.6 Å². The molecule has 2 aromatic heterocycles. The van der Waals surface area contributed by atoms with E-state index in [-0.39, 0.29) is 11.2 Å². The van der Waals surface area contributed by atoms with E-state index in [4.69, 9.17) is 11.6 Å². The van der Waals surface area contributed by atoms with Gasteiger partial charge in [0.05, 0.1) is 11.7 Å². The minimum atomic E-state index is -0.973. The predicted octanol–water partition coefficient (Wildman–Crippen LogP) is 2.18. The molecule has 1 amide bonds. The third kappa shape index (κ3) is 2.40. The average molecular weight is 306 g/mol. The molecule has 3 heterocycles. The Hall–Kier alpha value is -2.28. The second-order valence-electron chi connectivity index (χ2n) is 4.67. The van der Waals surface area contributed by atoms with E-state index >= 15 is 0 Å². The van der Waals surface area contributed by atoms with Gasteiger partial charge in [-0.1, -0.05) is 11.6 Å². The first-order chi connectivity index (χ1) is 10.1. The summed E-state index contributed by atoms with van der Waals surface area (Å²) in [5, 5.41) is 9.43. The Morgan fingerprint density at radius 1 is 1.33 bits per heavy atom. The molecule has 8 heteroatoms. The van der Waals surface area contributed by atoms with Crippen molar-refractivity contribution in [3.63, 3.8) is 0 Å². The molecule has 0 saturated carbocycles. The third-order valence-electron chi connectivity index (χ3n) is 3.46. The van der Waals surface area contributed by atoms with Gasteiger partial charge in [0, 0.05) is 30.9 Å². The molecule has 1 unspecified atom stereocenters. The first kappa shape index (κ1) is 13.7. The van der Waals surface area contributed by atoms with Crippen molar-refractivity contribution in [3.8, 4) is 11.6 Å². The highest BCUT2D eigenvalue weighted by molar-refractivity contribution is 6.30. The van der Waals surface area contributed by atoms with Crippen LogP contribution in [0.3, 0.4) is 0 Å². The molecule has 108 valence electrons. The van der Waals surface area contributed by atoms with Gasteiger partial charge >= 0.3 is 6.09 Å². The molecule has 7 nitrogen and oxygen atoms in total. The molecule has 1 aliphatic rings. The number of amides is 1. The fourth-order valence-electron chi connectivity index (χ4n) is 2.44. The lowest BCUT2D eigenvalue weighted by molar-refractivity contribution is 0.124. The number of carbonyl (C=O) groups is 1. The van der Waals surface area contributed by atoms with Crippen LogP contribution in [0, 0.1) is 0 Å². The molecule has 2 aromatic rings. The van der Waals surface area contributed by atoms with Crippen molar-refractivity contribution >= 4 is 17.7 Å². The van der Waals surface area contributed by atoms with Gasteiger partial charge in [-0.3, -0.25) is 0 Å². The normalized spacial score (nSPS) is 17.4. The van der Waals surface area contributed by atoms with Crippen LogP contribution in [0.15, 0.2) is 18.5 Å². The Kier molecular flexibility index (Phi) is 3.42. The quantitative estimate of drug-likeness (QED) is 0.812. The second-order valence-corrected chi connectivity index (χ2v) is 5.03. The van der Waals surface area contributed by atoms with Crippen LogP contribution in [0.4, 0.5) is 4.79 Å². The molecule has 0 spiro atoms. The Morgan fingerprint density at radius 3 is 2.71 bits per heavy atom. The molecule has 1 N–H and O–H groups in total. The number of aromatic nitrogens is 4. The first-order valence-corrected chi connectivity index (χ1v) is 6.79. The zero-order valence-corrected chi connectivity index (χ0v) is 11.9. The van der Waals surface area contributed by atoms with E-state index in [1.165, 1.54) is 4.90 Å². The van der Waals surface area contributed by atoms with E-state index in [0.29, 0.717) is 30.2 Å². The molecule has 0 bridgehead atoms. The Balaban J connectivity index is 2.06. The van der Waals surface area contributed by atoms with E-state index in [9.17, 15) is 9.90 Å². The van der Waals surface area contributed by atoms with E-state index in [0.717, 1.165) is 5.69 Å². The number of rotatable bonds is 1. The summed E-state index contributed by atoms with van der Waals surface area (Å²) in [5.74, 6) is 0.755. The van der Waals surface area contributed by atoms with Gasteiger partial charge in [0.2, 0.25) is 0 Å². The van der Waals surface area contributed by atoms with Crippen molar-refractivity contribution in [2.75, 3.05) is 6.54 Å². The van der Waals surface area contributed by atoms with Crippen molar-refractivity contribution in [2.45, 2.75) is 19.4 Å². The molecule has 0 fully saturated rings. The molecule has 0 radical (unpaired) electrons. The van der Waals surface area contributed by atoms with Crippen LogP contribution in [-0.2, 0) is 6.42 Å². The highest BCUT2D eigenvalue weighted by Gasteiger charge is 2.31. The Labute approximate surface area is 125 Å². The fourth-order valence-corrected chi connectivity index (χ4v) is 2.79. The molecule has 0 aromatic carbocycles. The maximum Gasteiger partial charge on any atom is 0.407 e. The molecule has 0 saturated heterocycles. The smallest absolute Gasteiger partial charge is 0.407 e. The predicted molar refractivity (Wildman–Crippen MR) is 74.9 cm³/mol. The molecule has 0 aliphatic carbocycles.